The third-order valence-corrected chi connectivity index (χ3v) is 4.75. The maximum atomic E-state index is 12.6. The Kier molecular flexibility index (Phi) is 6.65. The maximum Gasteiger partial charge on any atom is 0.274 e. The number of anilines is 1. The van der Waals surface area contributed by atoms with Crippen LogP contribution in [0.25, 0.3) is 0 Å². The molecule has 0 aliphatic carbocycles. The van der Waals surface area contributed by atoms with Gasteiger partial charge in [-0.05, 0) is 61.8 Å². The van der Waals surface area contributed by atoms with Crippen molar-refractivity contribution in [3.8, 4) is 0 Å². The summed E-state index contributed by atoms with van der Waals surface area (Å²) in [7, 11) is 1.81. The van der Waals surface area contributed by atoms with E-state index >= 15 is 0 Å². The van der Waals surface area contributed by atoms with Gasteiger partial charge in [-0.15, -0.1) is 12.4 Å². The van der Waals surface area contributed by atoms with Crippen LogP contribution < -0.4 is 10.6 Å². The summed E-state index contributed by atoms with van der Waals surface area (Å²) in [5, 5.41) is 10.7. The molecule has 3 heterocycles. The van der Waals surface area contributed by atoms with Crippen LogP contribution in [0, 0.1) is 0 Å². The Morgan fingerprint density at radius 1 is 1.40 bits per heavy atom. The Morgan fingerprint density at radius 3 is 2.72 bits per heavy atom. The van der Waals surface area contributed by atoms with E-state index in [2.05, 4.69) is 36.6 Å². The molecule has 0 bridgehead atoms. The van der Waals surface area contributed by atoms with Gasteiger partial charge in [-0.2, -0.15) is 10.1 Å². The van der Waals surface area contributed by atoms with Crippen molar-refractivity contribution in [3.05, 3.63) is 28.3 Å². The van der Waals surface area contributed by atoms with E-state index in [0.29, 0.717) is 17.6 Å². The normalized spacial score (nSPS) is 15.2. The van der Waals surface area contributed by atoms with Crippen molar-refractivity contribution in [2.24, 2.45) is 7.05 Å². The molecular formula is C16H24BrClN6O. The number of hydrogen-bond donors (Lipinski definition) is 2. The van der Waals surface area contributed by atoms with Crippen molar-refractivity contribution in [3.63, 3.8) is 0 Å². The first-order valence-electron chi connectivity index (χ1n) is 8.26. The lowest BCUT2D eigenvalue weighted by Gasteiger charge is -2.19. The summed E-state index contributed by atoms with van der Waals surface area (Å²) in [6.07, 6.45) is 3.97. The lowest BCUT2D eigenvalue weighted by molar-refractivity contribution is 0.101. The van der Waals surface area contributed by atoms with Gasteiger partial charge in [-0.25, -0.2) is 4.68 Å². The Bertz CT molecular complexity index is 735. The molecule has 0 saturated carbocycles. The second-order valence-electron chi connectivity index (χ2n) is 6.44. The van der Waals surface area contributed by atoms with Crippen molar-refractivity contribution in [1.82, 2.24) is 24.6 Å². The fourth-order valence-corrected chi connectivity index (χ4v) is 3.42. The minimum absolute atomic E-state index is 0. The van der Waals surface area contributed by atoms with Gasteiger partial charge in [0.15, 0.2) is 5.82 Å². The van der Waals surface area contributed by atoms with Gasteiger partial charge in [0, 0.05) is 29.7 Å². The van der Waals surface area contributed by atoms with Crippen LogP contribution >= 0.6 is 28.3 Å². The Hall–Kier alpha value is -1.38. The third kappa shape index (κ3) is 4.43. The smallest absolute Gasteiger partial charge is 0.274 e. The first-order valence-corrected chi connectivity index (χ1v) is 9.05. The van der Waals surface area contributed by atoms with E-state index in [1.54, 1.807) is 4.68 Å². The second kappa shape index (κ2) is 8.33. The van der Waals surface area contributed by atoms with E-state index in [0.717, 1.165) is 36.2 Å². The molecule has 0 unspecified atom stereocenters. The molecule has 0 aromatic carbocycles. The number of aryl methyl sites for hydroxylation is 1. The van der Waals surface area contributed by atoms with Gasteiger partial charge in [0.05, 0.1) is 0 Å². The molecule has 1 aliphatic heterocycles. The number of rotatable bonds is 4. The fraction of sp³-hybridized carbons (Fsp3) is 0.562. The monoisotopic (exact) mass is 430 g/mol. The molecule has 3 rings (SSSR count). The zero-order valence-corrected chi connectivity index (χ0v) is 17.0. The van der Waals surface area contributed by atoms with Gasteiger partial charge in [-0.1, -0.05) is 0 Å². The van der Waals surface area contributed by atoms with E-state index in [4.69, 9.17) is 0 Å². The van der Waals surface area contributed by atoms with Crippen LogP contribution in [-0.2, 0) is 7.05 Å². The topological polar surface area (TPSA) is 76.8 Å². The van der Waals surface area contributed by atoms with Gasteiger partial charge in [0.2, 0.25) is 5.95 Å². The van der Waals surface area contributed by atoms with Crippen molar-refractivity contribution < 1.29 is 4.79 Å². The summed E-state index contributed by atoms with van der Waals surface area (Å²) >= 11 is 3.44. The number of aromatic nitrogens is 4. The van der Waals surface area contributed by atoms with Crippen LogP contribution in [0.5, 0.6) is 0 Å². The Balaban J connectivity index is 0.00000225. The lowest BCUT2D eigenvalue weighted by Crippen LogP contribution is -2.27. The van der Waals surface area contributed by atoms with Crippen molar-refractivity contribution >= 4 is 40.2 Å². The number of carbonyl (C=O) groups excluding carboxylic acids is 1. The lowest BCUT2D eigenvalue weighted by atomic mass is 9.98. The molecule has 9 heteroatoms. The second-order valence-corrected chi connectivity index (χ2v) is 7.36. The highest BCUT2D eigenvalue weighted by Crippen LogP contribution is 2.24. The van der Waals surface area contributed by atoms with E-state index in [1.165, 1.54) is 0 Å². The van der Waals surface area contributed by atoms with Crippen molar-refractivity contribution in [2.45, 2.75) is 38.6 Å². The van der Waals surface area contributed by atoms with E-state index in [9.17, 15) is 4.79 Å². The highest BCUT2D eigenvalue weighted by Gasteiger charge is 2.22. The van der Waals surface area contributed by atoms with E-state index < -0.39 is 0 Å². The first-order chi connectivity index (χ1) is 11.5. The number of hydrogen-bond acceptors (Lipinski definition) is 4. The summed E-state index contributed by atoms with van der Waals surface area (Å²) in [4.78, 5) is 17.2. The van der Waals surface area contributed by atoms with Crippen LogP contribution in [0.4, 0.5) is 5.95 Å². The predicted molar refractivity (Wildman–Crippen MR) is 104 cm³/mol. The molecule has 1 aliphatic rings. The Morgan fingerprint density at radius 2 is 2.08 bits per heavy atom. The van der Waals surface area contributed by atoms with Gasteiger partial charge in [0.1, 0.15) is 5.69 Å². The predicted octanol–water partition coefficient (Wildman–Crippen LogP) is 3.10. The van der Waals surface area contributed by atoms with Crippen LogP contribution in [0.1, 0.15) is 55.0 Å². The molecule has 2 aromatic heterocycles. The number of amides is 1. The van der Waals surface area contributed by atoms with Crippen LogP contribution in [-0.4, -0.2) is 38.3 Å². The van der Waals surface area contributed by atoms with Gasteiger partial charge >= 0.3 is 0 Å². The number of nitrogens with one attached hydrogen (secondary N) is 2. The highest BCUT2D eigenvalue weighted by molar-refractivity contribution is 9.10. The zero-order chi connectivity index (χ0) is 17.3. The van der Waals surface area contributed by atoms with Gasteiger partial charge < -0.3 is 9.88 Å². The van der Waals surface area contributed by atoms with Crippen LogP contribution in [0.15, 0.2) is 16.7 Å². The molecule has 0 spiro atoms. The number of piperidine rings is 1. The molecule has 1 fully saturated rings. The number of nitrogens with zero attached hydrogens (tertiary/aromatic N) is 4. The molecule has 1 saturated heterocycles. The largest absolute Gasteiger partial charge is 0.340 e. The quantitative estimate of drug-likeness (QED) is 0.780. The van der Waals surface area contributed by atoms with Crippen LogP contribution in [0.2, 0.25) is 0 Å². The van der Waals surface area contributed by atoms with Gasteiger partial charge in [0.25, 0.3) is 5.91 Å². The average Bonchev–Trinajstić information content (AvgIpc) is 3.12. The number of carbonyl (C=O) groups is 1. The number of halogens is 2. The Labute approximate surface area is 162 Å². The minimum Gasteiger partial charge on any atom is -0.340 e. The van der Waals surface area contributed by atoms with Crippen molar-refractivity contribution in [1.29, 1.82) is 0 Å². The summed E-state index contributed by atoms with van der Waals surface area (Å²) in [6, 6.07) is 2.02. The SMILES string of the molecule is CC(C)n1cc(Br)cc1C(=O)Nc1nc(C2CCNCC2)nn1C.Cl. The first kappa shape index (κ1) is 19.9. The molecule has 2 aromatic rings. The molecule has 0 radical (unpaired) electrons. The molecule has 7 nitrogen and oxygen atoms in total. The van der Waals surface area contributed by atoms with Crippen LogP contribution in [0.3, 0.4) is 0 Å². The summed E-state index contributed by atoms with van der Waals surface area (Å²) in [6.45, 7) is 6.06. The molecule has 2 N–H and O–H groups in total. The minimum atomic E-state index is -0.179. The molecule has 1 amide bonds. The zero-order valence-electron chi connectivity index (χ0n) is 14.6. The highest BCUT2D eigenvalue weighted by atomic mass is 79.9. The van der Waals surface area contributed by atoms with E-state index in [1.807, 2.05) is 37.7 Å². The molecular weight excluding hydrogens is 408 g/mol. The van der Waals surface area contributed by atoms with Crippen molar-refractivity contribution in [2.75, 3.05) is 18.4 Å². The molecule has 0 atom stereocenters. The standard InChI is InChI=1S/C16H23BrN6O.ClH/c1-10(2)23-9-12(17)8-13(23)15(24)20-16-19-14(21-22(16)3)11-4-6-18-7-5-11;/h8-11,18H,4-7H2,1-3H3,(H,19,20,21,24);1H. The summed E-state index contributed by atoms with van der Waals surface area (Å²) in [5.41, 5.74) is 0.600. The summed E-state index contributed by atoms with van der Waals surface area (Å²) in [5.74, 6) is 1.48. The van der Waals surface area contributed by atoms with Gasteiger partial charge in [-0.3, -0.25) is 10.1 Å². The molecule has 25 heavy (non-hydrogen) atoms. The third-order valence-electron chi connectivity index (χ3n) is 4.31. The molecule has 138 valence electrons. The average molecular weight is 432 g/mol. The van der Waals surface area contributed by atoms with E-state index in [-0.39, 0.29) is 24.4 Å². The summed E-state index contributed by atoms with van der Waals surface area (Å²) < 4.78 is 4.46. The fourth-order valence-electron chi connectivity index (χ4n) is 2.99. The maximum absolute atomic E-state index is 12.6.